The van der Waals surface area contributed by atoms with Crippen molar-refractivity contribution in [2.24, 2.45) is 11.8 Å². The van der Waals surface area contributed by atoms with Gasteiger partial charge in [-0.25, -0.2) is 12.7 Å². The van der Waals surface area contributed by atoms with Crippen molar-refractivity contribution in [2.75, 3.05) is 26.0 Å². The number of methoxy groups -OCH3 is 1. The average molecular weight is 303 g/mol. The molecule has 1 aliphatic heterocycles. The monoisotopic (exact) mass is 303 g/mol. The molecule has 0 aromatic heterocycles. The summed E-state index contributed by atoms with van der Waals surface area (Å²) in [4.78, 5) is 11.4. The molecule has 2 aliphatic rings. The van der Waals surface area contributed by atoms with Gasteiger partial charge in [-0.15, -0.1) is 0 Å². The number of esters is 1. The number of carbonyl (C=O) groups is 1. The van der Waals surface area contributed by atoms with Crippen molar-refractivity contribution >= 4 is 16.0 Å². The molecule has 0 N–H and O–H groups in total. The first-order valence-corrected chi connectivity index (χ1v) is 9.19. The van der Waals surface area contributed by atoms with Crippen LogP contribution in [0, 0.1) is 11.8 Å². The van der Waals surface area contributed by atoms with Gasteiger partial charge in [-0.3, -0.25) is 4.79 Å². The predicted octanol–water partition coefficient (Wildman–Crippen LogP) is 1.78. The van der Waals surface area contributed by atoms with E-state index in [2.05, 4.69) is 0 Å². The van der Waals surface area contributed by atoms with Gasteiger partial charge >= 0.3 is 5.97 Å². The number of hydrogen-bond acceptors (Lipinski definition) is 4. The molecule has 1 aliphatic carbocycles. The smallest absolute Gasteiger partial charge is 0.308 e. The fourth-order valence-corrected chi connectivity index (χ4v) is 5.20. The first kappa shape index (κ1) is 15.8. The van der Waals surface area contributed by atoms with E-state index in [0.717, 1.165) is 25.7 Å². The highest BCUT2D eigenvalue weighted by atomic mass is 32.2. The topological polar surface area (TPSA) is 63.7 Å². The highest BCUT2D eigenvalue weighted by molar-refractivity contribution is 7.89. The van der Waals surface area contributed by atoms with Gasteiger partial charge in [0, 0.05) is 13.1 Å². The maximum absolute atomic E-state index is 12.4. The normalized spacial score (nSPS) is 23.6. The van der Waals surface area contributed by atoms with Crippen molar-refractivity contribution in [1.82, 2.24) is 4.31 Å². The predicted molar refractivity (Wildman–Crippen MR) is 76.7 cm³/mol. The van der Waals surface area contributed by atoms with Crippen molar-refractivity contribution in [1.29, 1.82) is 0 Å². The largest absolute Gasteiger partial charge is 0.469 e. The quantitative estimate of drug-likeness (QED) is 0.743. The lowest BCUT2D eigenvalue weighted by Crippen LogP contribution is -2.42. The zero-order valence-corrected chi connectivity index (χ0v) is 13.0. The Hall–Kier alpha value is -0.620. The zero-order valence-electron chi connectivity index (χ0n) is 12.2. The lowest BCUT2D eigenvalue weighted by molar-refractivity contribution is -0.146. The van der Waals surface area contributed by atoms with Crippen LogP contribution in [-0.2, 0) is 19.6 Å². The van der Waals surface area contributed by atoms with Gasteiger partial charge in [-0.05, 0) is 31.6 Å². The third-order valence-electron chi connectivity index (χ3n) is 4.55. The first-order valence-electron chi connectivity index (χ1n) is 7.58. The van der Waals surface area contributed by atoms with E-state index >= 15 is 0 Å². The Morgan fingerprint density at radius 1 is 1.10 bits per heavy atom. The van der Waals surface area contributed by atoms with E-state index in [-0.39, 0.29) is 17.6 Å². The van der Waals surface area contributed by atoms with Gasteiger partial charge in [0.1, 0.15) is 0 Å². The van der Waals surface area contributed by atoms with Gasteiger partial charge < -0.3 is 4.74 Å². The van der Waals surface area contributed by atoms with Crippen LogP contribution in [0.3, 0.4) is 0 Å². The summed E-state index contributed by atoms with van der Waals surface area (Å²) in [5, 5.41) is 0. The Bertz CT molecular complexity index is 420. The van der Waals surface area contributed by atoms with Crippen molar-refractivity contribution in [2.45, 2.75) is 44.9 Å². The van der Waals surface area contributed by atoms with Crippen molar-refractivity contribution in [3.05, 3.63) is 0 Å². The maximum atomic E-state index is 12.4. The Kier molecular flexibility index (Phi) is 5.43. The van der Waals surface area contributed by atoms with E-state index in [1.54, 1.807) is 4.31 Å². The summed E-state index contributed by atoms with van der Waals surface area (Å²) < 4.78 is 31.1. The van der Waals surface area contributed by atoms with E-state index in [1.807, 2.05) is 0 Å². The molecule has 2 fully saturated rings. The Balaban J connectivity index is 1.86. The third-order valence-corrected chi connectivity index (χ3v) is 6.60. The van der Waals surface area contributed by atoms with Crippen molar-refractivity contribution in [3.63, 3.8) is 0 Å². The second-order valence-corrected chi connectivity index (χ2v) is 7.99. The lowest BCUT2D eigenvalue weighted by atomic mass is 9.91. The fraction of sp³-hybridized carbons (Fsp3) is 0.929. The molecule has 116 valence electrons. The highest BCUT2D eigenvalue weighted by Gasteiger charge is 2.33. The summed E-state index contributed by atoms with van der Waals surface area (Å²) >= 11 is 0. The van der Waals surface area contributed by atoms with Crippen molar-refractivity contribution < 1.29 is 17.9 Å². The molecule has 6 heteroatoms. The van der Waals surface area contributed by atoms with E-state index < -0.39 is 10.0 Å². The molecule has 0 aromatic carbocycles. The van der Waals surface area contributed by atoms with Crippen LogP contribution in [0.25, 0.3) is 0 Å². The standard InChI is InChI=1S/C14H25NO4S/c1-19-14(16)13-7-9-15(10-8-13)20(17,18)11-12-5-3-2-4-6-12/h12-13H,2-11H2,1H3. The summed E-state index contributed by atoms with van der Waals surface area (Å²) in [5.74, 6) is 0.262. The van der Waals surface area contributed by atoms with Gasteiger partial charge in [0.2, 0.25) is 10.0 Å². The second kappa shape index (κ2) is 6.89. The van der Waals surface area contributed by atoms with Crippen LogP contribution in [0.1, 0.15) is 44.9 Å². The van der Waals surface area contributed by atoms with Gasteiger partial charge in [0.05, 0.1) is 18.8 Å². The highest BCUT2D eigenvalue weighted by Crippen LogP contribution is 2.27. The minimum atomic E-state index is -3.16. The van der Waals surface area contributed by atoms with Crippen molar-refractivity contribution in [3.8, 4) is 0 Å². The molecular weight excluding hydrogens is 278 g/mol. The SMILES string of the molecule is COC(=O)C1CCN(S(=O)(=O)CC2CCCCC2)CC1. The summed E-state index contributed by atoms with van der Waals surface area (Å²) in [6.45, 7) is 0.906. The average Bonchev–Trinajstić information content (AvgIpc) is 2.47. The van der Waals surface area contributed by atoms with E-state index in [0.29, 0.717) is 31.8 Å². The van der Waals surface area contributed by atoms with E-state index in [1.165, 1.54) is 13.5 Å². The fourth-order valence-electron chi connectivity index (χ4n) is 3.29. The molecule has 0 spiro atoms. The summed E-state index contributed by atoms with van der Waals surface area (Å²) in [6.07, 6.45) is 6.79. The molecule has 0 unspecified atom stereocenters. The molecule has 1 heterocycles. The van der Waals surface area contributed by atoms with E-state index in [9.17, 15) is 13.2 Å². The van der Waals surface area contributed by atoms with Crippen LogP contribution < -0.4 is 0 Å². The molecule has 2 rings (SSSR count). The number of rotatable bonds is 4. The number of hydrogen-bond donors (Lipinski definition) is 0. The Morgan fingerprint density at radius 2 is 1.70 bits per heavy atom. The molecule has 0 bridgehead atoms. The summed E-state index contributed by atoms with van der Waals surface area (Å²) in [5.41, 5.74) is 0. The molecule has 0 atom stereocenters. The number of ether oxygens (including phenoxy) is 1. The molecule has 5 nitrogen and oxygen atoms in total. The van der Waals surface area contributed by atoms with Crippen LogP contribution in [0.4, 0.5) is 0 Å². The molecule has 20 heavy (non-hydrogen) atoms. The number of nitrogens with zero attached hydrogens (tertiary/aromatic N) is 1. The maximum Gasteiger partial charge on any atom is 0.308 e. The Morgan fingerprint density at radius 3 is 2.25 bits per heavy atom. The molecule has 1 saturated heterocycles. The van der Waals surface area contributed by atoms with Gasteiger partial charge in [-0.2, -0.15) is 0 Å². The van der Waals surface area contributed by atoms with Crippen LogP contribution in [-0.4, -0.2) is 44.6 Å². The van der Waals surface area contributed by atoms with Gasteiger partial charge in [0.25, 0.3) is 0 Å². The molecule has 0 amide bonds. The first-order chi connectivity index (χ1) is 9.53. The van der Waals surface area contributed by atoms with Crippen LogP contribution >= 0.6 is 0 Å². The number of sulfonamides is 1. The lowest BCUT2D eigenvalue weighted by Gasteiger charge is -2.31. The summed E-state index contributed by atoms with van der Waals surface area (Å²) in [6, 6.07) is 0. The third kappa shape index (κ3) is 3.95. The van der Waals surface area contributed by atoms with Crippen LogP contribution in [0.2, 0.25) is 0 Å². The number of piperidine rings is 1. The van der Waals surface area contributed by atoms with Gasteiger partial charge in [0.15, 0.2) is 0 Å². The van der Waals surface area contributed by atoms with Gasteiger partial charge in [-0.1, -0.05) is 19.3 Å². The second-order valence-electron chi connectivity index (χ2n) is 5.98. The van der Waals surface area contributed by atoms with E-state index in [4.69, 9.17) is 4.74 Å². The summed E-state index contributed by atoms with van der Waals surface area (Å²) in [7, 11) is -1.77. The molecule has 1 saturated carbocycles. The molecule has 0 aromatic rings. The number of carbonyl (C=O) groups excluding carboxylic acids is 1. The Labute approximate surface area is 121 Å². The zero-order chi connectivity index (χ0) is 14.6. The minimum Gasteiger partial charge on any atom is -0.469 e. The van der Waals surface area contributed by atoms with Crippen LogP contribution in [0.5, 0.6) is 0 Å². The molecule has 0 radical (unpaired) electrons. The van der Waals surface area contributed by atoms with Crippen LogP contribution in [0.15, 0.2) is 0 Å². The molecular formula is C14H25NO4S. The minimum absolute atomic E-state index is 0.138.